The maximum absolute atomic E-state index is 5.25. The molecule has 3 aromatic rings. The summed E-state index contributed by atoms with van der Waals surface area (Å²) in [5, 5.41) is 11.4. The van der Waals surface area contributed by atoms with Gasteiger partial charge in [-0.15, -0.1) is 0 Å². The van der Waals surface area contributed by atoms with E-state index in [0.717, 1.165) is 16.7 Å². The van der Waals surface area contributed by atoms with Crippen LogP contribution in [0, 0.1) is 4.77 Å². The first-order valence-electron chi connectivity index (χ1n) is 7.09. The van der Waals surface area contributed by atoms with Crippen molar-refractivity contribution in [1.29, 1.82) is 0 Å². The van der Waals surface area contributed by atoms with Gasteiger partial charge < -0.3 is 0 Å². The van der Waals surface area contributed by atoms with E-state index in [1.807, 2.05) is 49.4 Å². The average Bonchev–Trinajstić information content (AvgIpc) is 2.95. The average molecular weight is 321 g/mol. The number of pyridine rings is 1. The number of rotatable bonds is 4. The van der Waals surface area contributed by atoms with Gasteiger partial charge in [-0.2, -0.15) is 14.9 Å². The number of aromatic nitrogens is 4. The highest BCUT2D eigenvalue weighted by molar-refractivity contribution is 7.71. The number of benzene rings is 1. The van der Waals surface area contributed by atoms with E-state index in [4.69, 9.17) is 12.2 Å². The van der Waals surface area contributed by atoms with E-state index in [1.165, 1.54) is 0 Å². The summed E-state index contributed by atoms with van der Waals surface area (Å²) in [4.78, 5) is 4.01. The molecular formula is C17H15N5S. The van der Waals surface area contributed by atoms with Crippen molar-refractivity contribution in [2.75, 3.05) is 0 Å². The van der Waals surface area contributed by atoms with Gasteiger partial charge >= 0.3 is 0 Å². The zero-order valence-corrected chi connectivity index (χ0v) is 13.4. The molecule has 0 aliphatic rings. The summed E-state index contributed by atoms with van der Waals surface area (Å²) in [6.45, 7) is 1.99. The minimum absolute atomic E-state index is 0.445. The third kappa shape index (κ3) is 3.67. The first-order valence-corrected chi connectivity index (χ1v) is 7.50. The second-order valence-corrected chi connectivity index (χ2v) is 5.33. The highest BCUT2D eigenvalue weighted by Gasteiger charge is 2.07. The summed E-state index contributed by atoms with van der Waals surface area (Å²) >= 11 is 5.25. The van der Waals surface area contributed by atoms with Crippen LogP contribution in [0.4, 0.5) is 0 Å². The fourth-order valence-electron chi connectivity index (χ4n) is 2.08. The molecule has 0 spiro atoms. The van der Waals surface area contributed by atoms with E-state index in [-0.39, 0.29) is 0 Å². The fraction of sp³-hybridized carbons (Fsp3) is 0.0588. The molecule has 0 amide bonds. The van der Waals surface area contributed by atoms with Crippen LogP contribution in [0.3, 0.4) is 0 Å². The van der Waals surface area contributed by atoms with E-state index in [9.17, 15) is 0 Å². The molecule has 3 rings (SSSR count). The topological polar surface area (TPSA) is 58.9 Å². The van der Waals surface area contributed by atoms with E-state index in [0.29, 0.717) is 10.6 Å². The fourth-order valence-corrected chi connectivity index (χ4v) is 2.26. The molecule has 5 nitrogen and oxygen atoms in total. The van der Waals surface area contributed by atoms with Gasteiger partial charge in [-0.3, -0.25) is 4.98 Å². The van der Waals surface area contributed by atoms with Crippen LogP contribution in [0.15, 0.2) is 65.5 Å². The van der Waals surface area contributed by atoms with Crippen LogP contribution >= 0.6 is 12.2 Å². The molecule has 2 aromatic heterocycles. The number of allylic oxidation sites excluding steroid dienone is 1. The monoisotopic (exact) mass is 321 g/mol. The van der Waals surface area contributed by atoms with Crippen molar-refractivity contribution in [1.82, 2.24) is 19.9 Å². The molecule has 6 heteroatoms. The normalized spacial score (nSPS) is 12.0. The number of H-pyrrole nitrogens is 1. The summed E-state index contributed by atoms with van der Waals surface area (Å²) in [6, 6.07) is 13.8. The maximum Gasteiger partial charge on any atom is 0.216 e. The highest BCUT2D eigenvalue weighted by Crippen LogP contribution is 2.15. The maximum atomic E-state index is 5.25. The zero-order chi connectivity index (χ0) is 16.1. The molecule has 0 aliphatic carbocycles. The Morgan fingerprint density at radius 1 is 1.17 bits per heavy atom. The summed E-state index contributed by atoms with van der Waals surface area (Å²) < 4.78 is 2.05. The third-order valence-electron chi connectivity index (χ3n) is 3.16. The lowest BCUT2D eigenvalue weighted by molar-refractivity contribution is 0.871. The molecule has 0 saturated carbocycles. The molecule has 23 heavy (non-hydrogen) atoms. The molecule has 1 N–H and O–H groups in total. The number of nitrogens with one attached hydrogen (secondary N) is 1. The molecule has 0 fully saturated rings. The zero-order valence-electron chi connectivity index (χ0n) is 12.5. The van der Waals surface area contributed by atoms with Crippen LogP contribution in [-0.2, 0) is 0 Å². The van der Waals surface area contributed by atoms with Gasteiger partial charge in [0.15, 0.2) is 5.82 Å². The standard InChI is InChI=1S/C17H15N5S/c1-13(11-14-5-3-2-4-6-14)12-19-22-16(20-21-17(22)23)15-7-9-18-10-8-15/h2-12H,1H3,(H,21,23)/b13-11-,19-12?. The van der Waals surface area contributed by atoms with Crippen molar-refractivity contribution in [3.05, 3.63) is 70.8 Å². The van der Waals surface area contributed by atoms with Crippen LogP contribution in [0.2, 0.25) is 0 Å². The summed E-state index contributed by atoms with van der Waals surface area (Å²) in [6.07, 6.45) is 7.24. The second-order valence-electron chi connectivity index (χ2n) is 4.94. The van der Waals surface area contributed by atoms with Crippen molar-refractivity contribution in [2.24, 2.45) is 5.10 Å². The summed E-state index contributed by atoms with van der Waals surface area (Å²) in [5.74, 6) is 0.654. The molecule has 0 aliphatic heterocycles. The van der Waals surface area contributed by atoms with Crippen molar-refractivity contribution in [3.8, 4) is 11.4 Å². The predicted molar refractivity (Wildman–Crippen MR) is 94.6 cm³/mol. The van der Waals surface area contributed by atoms with E-state index in [1.54, 1.807) is 23.3 Å². The molecule has 0 bridgehead atoms. The van der Waals surface area contributed by atoms with Gasteiger partial charge in [-0.25, -0.2) is 5.10 Å². The summed E-state index contributed by atoms with van der Waals surface area (Å²) in [5.41, 5.74) is 3.04. The quantitative estimate of drug-likeness (QED) is 0.585. The minimum atomic E-state index is 0.445. The largest absolute Gasteiger partial charge is 0.265 e. The van der Waals surface area contributed by atoms with Crippen LogP contribution < -0.4 is 0 Å². The SMILES string of the molecule is C/C(C=Nn1c(-c2ccncc2)n[nH]c1=S)=C/c1ccccc1. The Morgan fingerprint density at radius 3 is 2.65 bits per heavy atom. The van der Waals surface area contributed by atoms with Gasteiger partial charge in [0.25, 0.3) is 0 Å². The molecule has 114 valence electrons. The lowest BCUT2D eigenvalue weighted by atomic mass is 10.1. The van der Waals surface area contributed by atoms with Crippen LogP contribution in [0.1, 0.15) is 12.5 Å². The number of nitrogens with zero attached hydrogens (tertiary/aromatic N) is 4. The van der Waals surface area contributed by atoms with Gasteiger partial charge in [0.1, 0.15) is 0 Å². The molecule has 2 heterocycles. The first kappa shape index (κ1) is 15.1. The van der Waals surface area contributed by atoms with E-state index in [2.05, 4.69) is 26.4 Å². The first-order chi connectivity index (χ1) is 11.2. The van der Waals surface area contributed by atoms with Crippen molar-refractivity contribution >= 4 is 24.5 Å². The Bertz CT molecular complexity index is 891. The Kier molecular flexibility index (Phi) is 4.54. The van der Waals surface area contributed by atoms with E-state index >= 15 is 0 Å². The minimum Gasteiger partial charge on any atom is -0.265 e. The number of aromatic amines is 1. The molecule has 0 radical (unpaired) electrons. The van der Waals surface area contributed by atoms with Crippen LogP contribution in [-0.4, -0.2) is 26.1 Å². The highest BCUT2D eigenvalue weighted by atomic mass is 32.1. The van der Waals surface area contributed by atoms with Crippen LogP contribution in [0.5, 0.6) is 0 Å². The van der Waals surface area contributed by atoms with Gasteiger partial charge in [0.2, 0.25) is 4.77 Å². The van der Waals surface area contributed by atoms with Gasteiger partial charge in [0.05, 0.1) is 6.21 Å². The second kappa shape index (κ2) is 6.93. The molecule has 0 atom stereocenters. The predicted octanol–water partition coefficient (Wildman–Crippen LogP) is 3.94. The number of hydrogen-bond donors (Lipinski definition) is 1. The molecule has 1 aromatic carbocycles. The van der Waals surface area contributed by atoms with Crippen molar-refractivity contribution in [2.45, 2.75) is 6.92 Å². The Labute approximate surface area is 139 Å². The van der Waals surface area contributed by atoms with Crippen LogP contribution in [0.25, 0.3) is 17.5 Å². The van der Waals surface area contributed by atoms with Crippen molar-refractivity contribution < 1.29 is 0 Å². The smallest absolute Gasteiger partial charge is 0.216 e. The Morgan fingerprint density at radius 2 is 1.91 bits per heavy atom. The number of hydrogen-bond acceptors (Lipinski definition) is 4. The third-order valence-corrected chi connectivity index (χ3v) is 3.42. The Balaban J connectivity index is 1.90. The van der Waals surface area contributed by atoms with Gasteiger partial charge in [0, 0.05) is 18.0 Å². The lowest BCUT2D eigenvalue weighted by Gasteiger charge is -2.00. The van der Waals surface area contributed by atoms with Gasteiger partial charge in [-0.1, -0.05) is 36.4 Å². The van der Waals surface area contributed by atoms with Crippen molar-refractivity contribution in [3.63, 3.8) is 0 Å². The Hall–Kier alpha value is -2.86. The lowest BCUT2D eigenvalue weighted by Crippen LogP contribution is -1.95. The molecule has 0 saturated heterocycles. The molecular weight excluding hydrogens is 306 g/mol. The molecule has 0 unspecified atom stereocenters. The van der Waals surface area contributed by atoms with Gasteiger partial charge in [-0.05, 0) is 42.4 Å². The van der Waals surface area contributed by atoms with E-state index < -0.39 is 0 Å². The summed E-state index contributed by atoms with van der Waals surface area (Å²) in [7, 11) is 0.